The smallest absolute Gasteiger partial charge is 0.231 e. The summed E-state index contributed by atoms with van der Waals surface area (Å²) in [6.07, 6.45) is 2.36. The van der Waals surface area contributed by atoms with Gasteiger partial charge in [0, 0.05) is 11.9 Å². The van der Waals surface area contributed by atoms with Crippen LogP contribution in [-0.4, -0.2) is 20.5 Å². The van der Waals surface area contributed by atoms with Crippen LogP contribution in [0.4, 0.5) is 0 Å². The zero-order valence-corrected chi connectivity index (χ0v) is 12.3. The fourth-order valence-electron chi connectivity index (χ4n) is 1.69. The number of carbonyl (C=O) groups excluding carboxylic acids is 1. The van der Waals surface area contributed by atoms with E-state index in [0.29, 0.717) is 23.0 Å². The first kappa shape index (κ1) is 14.2. The van der Waals surface area contributed by atoms with E-state index in [9.17, 15) is 4.79 Å². The van der Waals surface area contributed by atoms with Gasteiger partial charge in [0.25, 0.3) is 0 Å². The Kier molecular flexibility index (Phi) is 4.34. The molecule has 0 radical (unpaired) electrons. The maximum Gasteiger partial charge on any atom is 0.231 e. The number of carbonyl (C=O) groups is 1. The van der Waals surface area contributed by atoms with Crippen molar-refractivity contribution in [2.24, 2.45) is 5.73 Å². The van der Waals surface area contributed by atoms with Gasteiger partial charge in [0.05, 0.1) is 17.3 Å². The summed E-state index contributed by atoms with van der Waals surface area (Å²) in [7, 11) is 0. The molecule has 0 aliphatic carbocycles. The SMILES string of the molecule is CCCn1ncc(Cl)c1C(=O)c1csc(C(C)N)n1. The Morgan fingerprint density at radius 2 is 2.37 bits per heavy atom. The Hall–Kier alpha value is -1.24. The number of ketones is 1. The molecule has 1 atom stereocenters. The van der Waals surface area contributed by atoms with E-state index < -0.39 is 0 Å². The normalized spacial score (nSPS) is 12.6. The molecule has 2 aromatic heterocycles. The Morgan fingerprint density at radius 1 is 1.63 bits per heavy atom. The molecule has 102 valence electrons. The second-order valence-electron chi connectivity index (χ2n) is 4.25. The van der Waals surface area contributed by atoms with Gasteiger partial charge < -0.3 is 5.73 Å². The summed E-state index contributed by atoms with van der Waals surface area (Å²) in [6, 6.07) is -0.178. The van der Waals surface area contributed by atoms with Crippen molar-refractivity contribution >= 4 is 28.7 Å². The first-order valence-corrected chi connectivity index (χ1v) is 7.27. The van der Waals surface area contributed by atoms with Crippen molar-refractivity contribution in [1.82, 2.24) is 14.8 Å². The Balaban J connectivity index is 2.35. The number of nitrogens with zero attached hydrogens (tertiary/aromatic N) is 3. The molecule has 2 rings (SSSR count). The molecule has 2 N–H and O–H groups in total. The topological polar surface area (TPSA) is 73.8 Å². The van der Waals surface area contributed by atoms with E-state index in [1.54, 1.807) is 10.1 Å². The van der Waals surface area contributed by atoms with Crippen LogP contribution in [0.5, 0.6) is 0 Å². The van der Waals surface area contributed by atoms with Crippen LogP contribution < -0.4 is 5.73 Å². The number of hydrogen-bond acceptors (Lipinski definition) is 5. The Morgan fingerprint density at radius 3 is 2.95 bits per heavy atom. The van der Waals surface area contributed by atoms with Crippen LogP contribution in [0.3, 0.4) is 0 Å². The lowest BCUT2D eigenvalue weighted by molar-refractivity contribution is 0.102. The molecular formula is C12H15ClN4OS. The van der Waals surface area contributed by atoms with E-state index in [1.807, 2.05) is 13.8 Å². The van der Waals surface area contributed by atoms with Crippen LogP contribution in [-0.2, 0) is 6.54 Å². The summed E-state index contributed by atoms with van der Waals surface area (Å²) in [4.78, 5) is 16.7. The molecule has 0 bridgehead atoms. The lowest BCUT2D eigenvalue weighted by Gasteiger charge is -2.04. The van der Waals surface area contributed by atoms with Gasteiger partial charge in [0.15, 0.2) is 0 Å². The maximum atomic E-state index is 12.4. The minimum Gasteiger partial charge on any atom is -0.322 e. The van der Waals surface area contributed by atoms with Gasteiger partial charge >= 0.3 is 0 Å². The molecule has 19 heavy (non-hydrogen) atoms. The van der Waals surface area contributed by atoms with Crippen LogP contribution >= 0.6 is 22.9 Å². The van der Waals surface area contributed by atoms with Crippen molar-refractivity contribution in [2.45, 2.75) is 32.9 Å². The molecule has 0 aliphatic heterocycles. The second kappa shape index (κ2) is 5.81. The number of aryl methyl sites for hydroxylation is 1. The quantitative estimate of drug-likeness (QED) is 0.861. The van der Waals surface area contributed by atoms with E-state index in [0.717, 1.165) is 11.4 Å². The van der Waals surface area contributed by atoms with E-state index in [-0.39, 0.29) is 11.8 Å². The zero-order valence-electron chi connectivity index (χ0n) is 10.8. The number of hydrogen-bond donors (Lipinski definition) is 1. The predicted molar refractivity (Wildman–Crippen MR) is 75.7 cm³/mol. The van der Waals surface area contributed by atoms with E-state index in [2.05, 4.69) is 10.1 Å². The van der Waals surface area contributed by atoms with Crippen LogP contribution in [0.25, 0.3) is 0 Å². The van der Waals surface area contributed by atoms with Crippen molar-refractivity contribution in [3.63, 3.8) is 0 Å². The molecule has 0 saturated heterocycles. The maximum absolute atomic E-state index is 12.4. The summed E-state index contributed by atoms with van der Waals surface area (Å²) in [6.45, 7) is 4.50. The highest BCUT2D eigenvalue weighted by Crippen LogP contribution is 2.22. The molecule has 0 spiro atoms. The first-order chi connectivity index (χ1) is 9.04. The lowest BCUT2D eigenvalue weighted by Crippen LogP contribution is -2.13. The van der Waals surface area contributed by atoms with Crippen molar-refractivity contribution in [1.29, 1.82) is 0 Å². The van der Waals surface area contributed by atoms with Crippen molar-refractivity contribution in [3.8, 4) is 0 Å². The number of halogens is 1. The minimum absolute atomic E-state index is 0.178. The highest BCUT2D eigenvalue weighted by atomic mass is 35.5. The summed E-state index contributed by atoms with van der Waals surface area (Å²) in [5.41, 5.74) is 6.51. The van der Waals surface area contributed by atoms with E-state index >= 15 is 0 Å². The monoisotopic (exact) mass is 298 g/mol. The number of aromatic nitrogens is 3. The van der Waals surface area contributed by atoms with Gasteiger partial charge in [-0.3, -0.25) is 9.48 Å². The van der Waals surface area contributed by atoms with Crippen molar-refractivity contribution in [3.05, 3.63) is 33.0 Å². The molecule has 0 saturated carbocycles. The van der Waals surface area contributed by atoms with Gasteiger partial charge in [0.1, 0.15) is 16.4 Å². The minimum atomic E-state index is -0.209. The van der Waals surface area contributed by atoms with Gasteiger partial charge in [-0.25, -0.2) is 4.98 Å². The summed E-state index contributed by atoms with van der Waals surface area (Å²) in [5, 5.41) is 6.91. The van der Waals surface area contributed by atoms with Gasteiger partial charge in [-0.2, -0.15) is 5.10 Å². The summed E-state index contributed by atoms with van der Waals surface area (Å²) >= 11 is 7.42. The van der Waals surface area contributed by atoms with Gasteiger partial charge in [-0.1, -0.05) is 18.5 Å². The number of thiazole rings is 1. The van der Waals surface area contributed by atoms with Crippen molar-refractivity contribution < 1.29 is 4.79 Å². The highest BCUT2D eigenvalue weighted by Gasteiger charge is 2.21. The number of nitrogens with two attached hydrogens (primary N) is 1. The average Bonchev–Trinajstić information content (AvgIpc) is 2.96. The third-order valence-corrected chi connectivity index (χ3v) is 3.91. The standard InChI is InChI=1S/C12H15ClN4OS/c1-3-4-17-10(8(13)5-15-17)11(18)9-6-19-12(16-9)7(2)14/h5-7H,3-4,14H2,1-2H3. The second-order valence-corrected chi connectivity index (χ2v) is 5.55. The molecule has 0 amide bonds. The van der Waals surface area contributed by atoms with Gasteiger partial charge in [-0.05, 0) is 13.3 Å². The zero-order chi connectivity index (χ0) is 14.0. The van der Waals surface area contributed by atoms with E-state index in [1.165, 1.54) is 17.5 Å². The largest absolute Gasteiger partial charge is 0.322 e. The molecule has 2 aromatic rings. The van der Waals surface area contributed by atoms with Crippen LogP contribution in [0.1, 0.15) is 47.5 Å². The van der Waals surface area contributed by atoms with Crippen LogP contribution in [0, 0.1) is 0 Å². The highest BCUT2D eigenvalue weighted by molar-refractivity contribution is 7.09. The molecule has 0 fully saturated rings. The molecular weight excluding hydrogens is 284 g/mol. The molecule has 0 aliphatic rings. The average molecular weight is 299 g/mol. The molecule has 2 heterocycles. The molecule has 7 heteroatoms. The first-order valence-electron chi connectivity index (χ1n) is 6.01. The van der Waals surface area contributed by atoms with Crippen molar-refractivity contribution in [2.75, 3.05) is 0 Å². The fraction of sp³-hybridized carbons (Fsp3) is 0.417. The third-order valence-electron chi connectivity index (χ3n) is 2.59. The molecule has 0 aromatic carbocycles. The molecule has 1 unspecified atom stereocenters. The Labute approximate surface area is 120 Å². The predicted octanol–water partition coefficient (Wildman–Crippen LogP) is 2.65. The third kappa shape index (κ3) is 2.86. The summed E-state index contributed by atoms with van der Waals surface area (Å²) < 4.78 is 1.62. The van der Waals surface area contributed by atoms with Crippen LogP contribution in [0.2, 0.25) is 5.02 Å². The lowest BCUT2D eigenvalue weighted by atomic mass is 10.2. The van der Waals surface area contributed by atoms with E-state index in [4.69, 9.17) is 17.3 Å². The summed E-state index contributed by atoms with van der Waals surface area (Å²) in [5.74, 6) is -0.209. The number of rotatable bonds is 5. The molecule has 5 nitrogen and oxygen atoms in total. The Bertz CT molecular complexity index is 590. The fourth-order valence-corrected chi connectivity index (χ4v) is 2.68. The van der Waals surface area contributed by atoms with Crippen LogP contribution in [0.15, 0.2) is 11.6 Å². The van der Waals surface area contributed by atoms with Gasteiger partial charge in [-0.15, -0.1) is 11.3 Å². The van der Waals surface area contributed by atoms with Gasteiger partial charge in [0.2, 0.25) is 5.78 Å².